The van der Waals surface area contributed by atoms with E-state index < -0.39 is 36.1 Å². The summed E-state index contributed by atoms with van der Waals surface area (Å²) in [5, 5.41) is 10.2. The molecule has 114 valence electrons. The lowest BCUT2D eigenvalue weighted by Gasteiger charge is -2.34. The monoisotopic (exact) mass is 296 g/mol. The van der Waals surface area contributed by atoms with Gasteiger partial charge in [0, 0.05) is 26.6 Å². The van der Waals surface area contributed by atoms with Gasteiger partial charge in [0.15, 0.2) is 5.82 Å². The van der Waals surface area contributed by atoms with Crippen molar-refractivity contribution in [3.05, 3.63) is 18.2 Å². The Labute approximate surface area is 113 Å². The average molecular weight is 296 g/mol. The first-order valence-corrected chi connectivity index (χ1v) is 5.53. The summed E-state index contributed by atoms with van der Waals surface area (Å²) in [7, 11) is 3.32. The number of ether oxygens (including phenoxy) is 2. The molecule has 0 bridgehead atoms. The van der Waals surface area contributed by atoms with Crippen LogP contribution in [0, 0.1) is 5.92 Å². The number of carbonyl (C=O) groups excluding carboxylic acids is 1. The van der Waals surface area contributed by atoms with Gasteiger partial charge in [-0.1, -0.05) is 0 Å². The number of nitrogens with zero attached hydrogens (tertiary/aromatic N) is 2. The molecule has 9 heteroatoms. The summed E-state index contributed by atoms with van der Waals surface area (Å²) in [6.45, 7) is -0.671. The van der Waals surface area contributed by atoms with Crippen LogP contribution in [-0.2, 0) is 26.9 Å². The van der Waals surface area contributed by atoms with E-state index in [1.807, 2.05) is 0 Å². The highest BCUT2D eigenvalue weighted by atomic mass is 19.4. The van der Waals surface area contributed by atoms with Crippen molar-refractivity contribution in [1.82, 2.24) is 9.55 Å². The summed E-state index contributed by atoms with van der Waals surface area (Å²) in [5.74, 6) is -3.94. The fourth-order valence-electron chi connectivity index (χ4n) is 1.88. The number of hydrogen-bond donors (Lipinski definition) is 1. The first-order valence-electron chi connectivity index (χ1n) is 5.53. The highest BCUT2D eigenvalue weighted by Gasteiger charge is 2.64. The van der Waals surface area contributed by atoms with E-state index in [0.717, 1.165) is 25.0 Å². The smallest absolute Gasteiger partial charge is 0.425 e. The van der Waals surface area contributed by atoms with E-state index in [9.17, 15) is 23.1 Å². The highest BCUT2D eigenvalue weighted by molar-refractivity contribution is 5.74. The first-order chi connectivity index (χ1) is 9.20. The molecule has 0 radical (unpaired) electrons. The predicted molar refractivity (Wildman–Crippen MR) is 60.5 cm³/mol. The molecular weight excluding hydrogens is 281 g/mol. The lowest BCUT2D eigenvalue weighted by atomic mass is 9.86. The van der Waals surface area contributed by atoms with Crippen LogP contribution < -0.4 is 0 Å². The molecule has 1 aromatic rings. The second kappa shape index (κ2) is 5.80. The number of carbonyl (C=O) groups is 1. The zero-order valence-electron chi connectivity index (χ0n) is 11.1. The standard InChI is InChI=1S/C11H15F3N2O4/c1-16-5-4-15-9(16)10(18,11(12,13)14)7(6-19-2)8(17)20-3/h4-5,7,18H,6H2,1-3H3. The minimum absolute atomic E-state index is 0.671. The summed E-state index contributed by atoms with van der Waals surface area (Å²) in [5.41, 5.74) is -3.51. The van der Waals surface area contributed by atoms with Crippen LogP contribution in [0.25, 0.3) is 0 Å². The maximum Gasteiger partial charge on any atom is 0.425 e. The number of hydrogen-bond acceptors (Lipinski definition) is 5. The Morgan fingerprint density at radius 3 is 2.45 bits per heavy atom. The van der Waals surface area contributed by atoms with Gasteiger partial charge in [-0.05, 0) is 0 Å². The Bertz CT molecular complexity index is 474. The fourth-order valence-corrected chi connectivity index (χ4v) is 1.88. The zero-order valence-corrected chi connectivity index (χ0v) is 11.1. The van der Waals surface area contributed by atoms with Crippen molar-refractivity contribution in [3.8, 4) is 0 Å². The summed E-state index contributed by atoms with van der Waals surface area (Å²) in [6, 6.07) is 0. The molecule has 0 spiro atoms. The molecule has 0 saturated carbocycles. The maximum atomic E-state index is 13.4. The molecule has 20 heavy (non-hydrogen) atoms. The van der Waals surface area contributed by atoms with Crippen molar-refractivity contribution in [3.63, 3.8) is 0 Å². The van der Waals surface area contributed by atoms with Crippen LogP contribution in [0.2, 0.25) is 0 Å². The van der Waals surface area contributed by atoms with Crippen molar-refractivity contribution < 1.29 is 32.5 Å². The minimum atomic E-state index is -5.14. The third kappa shape index (κ3) is 2.63. The number of aliphatic hydroxyl groups is 1. The van der Waals surface area contributed by atoms with Crippen LogP contribution >= 0.6 is 0 Å². The van der Waals surface area contributed by atoms with E-state index in [2.05, 4.69) is 14.5 Å². The van der Waals surface area contributed by atoms with E-state index in [0.29, 0.717) is 0 Å². The second-order valence-electron chi connectivity index (χ2n) is 4.16. The minimum Gasteiger partial charge on any atom is -0.469 e. The highest BCUT2D eigenvalue weighted by Crippen LogP contribution is 2.44. The Morgan fingerprint density at radius 2 is 2.10 bits per heavy atom. The number of aryl methyl sites for hydroxylation is 1. The molecular formula is C11H15F3N2O4. The van der Waals surface area contributed by atoms with E-state index in [4.69, 9.17) is 0 Å². The number of imidazole rings is 1. The van der Waals surface area contributed by atoms with Crippen LogP contribution in [0.15, 0.2) is 12.4 Å². The predicted octanol–water partition coefficient (Wildman–Crippen LogP) is 0.606. The summed E-state index contributed by atoms with van der Waals surface area (Å²) >= 11 is 0. The van der Waals surface area contributed by atoms with Crippen molar-refractivity contribution in [1.29, 1.82) is 0 Å². The molecule has 6 nitrogen and oxygen atoms in total. The number of methoxy groups -OCH3 is 2. The van der Waals surface area contributed by atoms with Gasteiger partial charge in [0.2, 0.25) is 5.60 Å². The van der Waals surface area contributed by atoms with Gasteiger partial charge >= 0.3 is 12.1 Å². The average Bonchev–Trinajstić information content (AvgIpc) is 2.79. The van der Waals surface area contributed by atoms with E-state index in [1.54, 1.807) is 0 Å². The molecule has 2 unspecified atom stereocenters. The number of alkyl halides is 3. The summed E-state index contributed by atoms with van der Waals surface area (Å²) in [4.78, 5) is 15.1. The molecule has 0 saturated heterocycles. The second-order valence-corrected chi connectivity index (χ2v) is 4.16. The van der Waals surface area contributed by atoms with Gasteiger partial charge in [-0.15, -0.1) is 0 Å². The van der Waals surface area contributed by atoms with Crippen LogP contribution in [0.5, 0.6) is 0 Å². The SMILES string of the molecule is COCC(C(=O)OC)C(O)(c1nccn1C)C(F)(F)F. The third-order valence-electron chi connectivity index (χ3n) is 2.92. The van der Waals surface area contributed by atoms with Crippen molar-refractivity contribution in [2.75, 3.05) is 20.8 Å². The lowest BCUT2D eigenvalue weighted by molar-refractivity contribution is -0.293. The van der Waals surface area contributed by atoms with E-state index in [-0.39, 0.29) is 0 Å². The molecule has 0 fully saturated rings. The van der Waals surface area contributed by atoms with Gasteiger partial charge in [-0.2, -0.15) is 13.2 Å². The topological polar surface area (TPSA) is 73.6 Å². The lowest BCUT2D eigenvalue weighted by Crippen LogP contribution is -2.54. The van der Waals surface area contributed by atoms with Gasteiger partial charge < -0.3 is 19.1 Å². The number of rotatable bonds is 5. The van der Waals surface area contributed by atoms with Gasteiger partial charge in [0.25, 0.3) is 0 Å². The Hall–Kier alpha value is -1.61. The molecule has 0 aliphatic rings. The Morgan fingerprint density at radius 1 is 1.50 bits per heavy atom. The molecule has 0 amide bonds. The van der Waals surface area contributed by atoms with Gasteiger partial charge in [0.1, 0.15) is 5.92 Å². The van der Waals surface area contributed by atoms with Crippen LogP contribution in [0.4, 0.5) is 13.2 Å². The largest absolute Gasteiger partial charge is 0.469 e. The molecule has 0 aromatic carbocycles. The Kier molecular flexibility index (Phi) is 4.77. The van der Waals surface area contributed by atoms with Gasteiger partial charge in [-0.25, -0.2) is 4.98 Å². The van der Waals surface area contributed by atoms with Gasteiger partial charge in [0.05, 0.1) is 13.7 Å². The van der Waals surface area contributed by atoms with E-state index in [1.165, 1.54) is 13.2 Å². The number of aromatic nitrogens is 2. The van der Waals surface area contributed by atoms with Gasteiger partial charge in [-0.3, -0.25) is 4.79 Å². The van der Waals surface area contributed by atoms with Crippen molar-refractivity contribution in [2.24, 2.45) is 13.0 Å². The van der Waals surface area contributed by atoms with Crippen molar-refractivity contribution >= 4 is 5.97 Å². The summed E-state index contributed by atoms with van der Waals surface area (Å²) < 4.78 is 50.0. The molecule has 1 aromatic heterocycles. The van der Waals surface area contributed by atoms with Crippen LogP contribution in [0.1, 0.15) is 5.82 Å². The first kappa shape index (κ1) is 16.4. The maximum absolute atomic E-state index is 13.4. The molecule has 1 N–H and O–H groups in total. The Balaban J connectivity index is 3.44. The van der Waals surface area contributed by atoms with Crippen LogP contribution in [-0.4, -0.2) is 47.6 Å². The molecule has 0 aliphatic heterocycles. The zero-order chi connectivity index (χ0) is 15.6. The normalized spacial score (nSPS) is 16.6. The number of halogens is 3. The fraction of sp³-hybridized carbons (Fsp3) is 0.636. The molecule has 1 rings (SSSR count). The quantitative estimate of drug-likeness (QED) is 0.806. The molecule has 1 heterocycles. The molecule has 0 aliphatic carbocycles. The summed E-state index contributed by atoms with van der Waals surface area (Å²) in [6.07, 6.45) is -2.82. The van der Waals surface area contributed by atoms with E-state index >= 15 is 0 Å². The van der Waals surface area contributed by atoms with Crippen LogP contribution in [0.3, 0.4) is 0 Å². The molecule has 2 atom stereocenters. The third-order valence-corrected chi connectivity index (χ3v) is 2.92. The van der Waals surface area contributed by atoms with Crippen molar-refractivity contribution in [2.45, 2.75) is 11.8 Å². The number of esters is 1.